The molecule has 14 heavy (non-hydrogen) atoms. The number of hydrogen-bond acceptors (Lipinski definition) is 2. The van der Waals surface area contributed by atoms with Crippen LogP contribution < -0.4 is 0 Å². The molecule has 1 atom stereocenters. The summed E-state index contributed by atoms with van der Waals surface area (Å²) in [7, 11) is 0. The number of carbonyl (C=O) groups excluding carboxylic acids is 1. The molecule has 3 heteroatoms. The summed E-state index contributed by atoms with van der Waals surface area (Å²) in [6, 6.07) is 0. The second kappa shape index (κ2) is 4.40. The Kier molecular flexibility index (Phi) is 4.05. The van der Waals surface area contributed by atoms with Crippen molar-refractivity contribution in [3.8, 4) is 0 Å². The summed E-state index contributed by atoms with van der Waals surface area (Å²) >= 11 is 0. The molecule has 0 aromatic heterocycles. The van der Waals surface area contributed by atoms with E-state index in [1.54, 1.807) is 0 Å². The molecule has 0 spiro atoms. The van der Waals surface area contributed by atoms with Crippen molar-refractivity contribution in [3.63, 3.8) is 0 Å². The topological polar surface area (TPSA) is 54.4 Å². The number of allylic oxidation sites excluding steroid dienone is 1. The molecular formula is C11H18O3. The highest BCUT2D eigenvalue weighted by Gasteiger charge is 2.27. The number of carbonyl (C=O) groups is 2. The van der Waals surface area contributed by atoms with Gasteiger partial charge in [-0.25, -0.2) is 0 Å². The van der Waals surface area contributed by atoms with Crippen LogP contribution in [0.25, 0.3) is 0 Å². The minimum atomic E-state index is -1.07. The van der Waals surface area contributed by atoms with Gasteiger partial charge in [0, 0.05) is 0 Å². The Morgan fingerprint density at radius 2 is 1.79 bits per heavy atom. The Bertz CT molecular complexity index is 244. The molecule has 0 fully saturated rings. The number of rotatable bonds is 4. The van der Waals surface area contributed by atoms with Crippen LogP contribution in [0.5, 0.6) is 0 Å². The quantitative estimate of drug-likeness (QED) is 0.557. The maximum absolute atomic E-state index is 11.0. The Morgan fingerprint density at radius 1 is 1.36 bits per heavy atom. The zero-order chi connectivity index (χ0) is 11.5. The minimum absolute atomic E-state index is 0.150. The van der Waals surface area contributed by atoms with Gasteiger partial charge in [-0.05, 0) is 18.8 Å². The third kappa shape index (κ3) is 3.73. The van der Waals surface area contributed by atoms with Gasteiger partial charge in [0.15, 0.2) is 0 Å². The first-order chi connectivity index (χ1) is 6.16. The van der Waals surface area contributed by atoms with E-state index >= 15 is 0 Å². The largest absolute Gasteiger partial charge is 0.481 e. The lowest BCUT2D eigenvalue weighted by Gasteiger charge is -2.23. The van der Waals surface area contributed by atoms with E-state index in [4.69, 9.17) is 5.11 Å². The molecule has 0 saturated carbocycles. The highest BCUT2D eigenvalue weighted by Crippen LogP contribution is 2.29. The second-order valence-corrected chi connectivity index (χ2v) is 4.56. The van der Waals surface area contributed by atoms with Gasteiger partial charge in [0.1, 0.15) is 11.7 Å². The number of ketones is 1. The highest BCUT2D eigenvalue weighted by atomic mass is 16.4. The van der Waals surface area contributed by atoms with Crippen LogP contribution in [0.3, 0.4) is 0 Å². The predicted octanol–water partition coefficient (Wildman–Crippen LogP) is 2.27. The van der Waals surface area contributed by atoms with E-state index in [0.29, 0.717) is 0 Å². The van der Waals surface area contributed by atoms with E-state index in [-0.39, 0.29) is 17.6 Å². The Morgan fingerprint density at radius 3 is 2.00 bits per heavy atom. The third-order valence-electron chi connectivity index (χ3n) is 2.30. The fourth-order valence-electron chi connectivity index (χ4n) is 0.958. The number of carboxylic acid groups (broad SMARTS) is 1. The highest BCUT2D eigenvalue weighted by molar-refractivity contribution is 5.97. The number of Topliss-reactive ketones (excluding diaryl/α,β-unsaturated/α-hetero) is 1. The molecular weight excluding hydrogens is 180 g/mol. The van der Waals surface area contributed by atoms with Crippen LogP contribution in [0.4, 0.5) is 0 Å². The van der Waals surface area contributed by atoms with Crippen LogP contribution in [-0.4, -0.2) is 16.9 Å². The van der Waals surface area contributed by atoms with E-state index in [2.05, 4.69) is 6.58 Å². The first kappa shape index (κ1) is 12.9. The van der Waals surface area contributed by atoms with Crippen molar-refractivity contribution in [3.05, 3.63) is 12.2 Å². The van der Waals surface area contributed by atoms with Crippen LogP contribution in [-0.2, 0) is 9.59 Å². The van der Waals surface area contributed by atoms with Crippen molar-refractivity contribution in [2.75, 3.05) is 0 Å². The minimum Gasteiger partial charge on any atom is -0.481 e. The van der Waals surface area contributed by atoms with Crippen LogP contribution in [0.15, 0.2) is 12.2 Å². The molecule has 0 aliphatic heterocycles. The summed E-state index contributed by atoms with van der Waals surface area (Å²) in [5.74, 6) is -2.33. The molecule has 0 rings (SSSR count). The molecule has 0 aromatic carbocycles. The van der Waals surface area contributed by atoms with E-state index in [1.165, 1.54) is 6.92 Å². The van der Waals surface area contributed by atoms with E-state index < -0.39 is 11.9 Å². The molecule has 0 aliphatic rings. The summed E-state index contributed by atoms with van der Waals surface area (Å²) in [5, 5.41) is 8.80. The molecule has 0 heterocycles. The zero-order valence-corrected chi connectivity index (χ0v) is 9.26. The second-order valence-electron chi connectivity index (χ2n) is 4.56. The van der Waals surface area contributed by atoms with Crippen LogP contribution in [0, 0.1) is 11.3 Å². The number of hydrogen-bond donors (Lipinski definition) is 1. The number of carboxylic acids is 1. The summed E-state index contributed by atoms with van der Waals surface area (Å²) in [4.78, 5) is 21.8. The van der Waals surface area contributed by atoms with E-state index in [0.717, 1.165) is 5.57 Å². The summed E-state index contributed by atoms with van der Waals surface area (Å²) in [6.45, 7) is 11.0. The maximum Gasteiger partial charge on any atom is 0.314 e. The average molecular weight is 198 g/mol. The molecule has 1 N–H and O–H groups in total. The fourth-order valence-corrected chi connectivity index (χ4v) is 0.958. The van der Waals surface area contributed by atoms with Crippen molar-refractivity contribution in [2.45, 2.75) is 34.1 Å². The summed E-state index contributed by atoms with van der Waals surface area (Å²) < 4.78 is 0. The van der Waals surface area contributed by atoms with Crippen LogP contribution in [0.2, 0.25) is 0 Å². The Hall–Kier alpha value is -1.12. The van der Waals surface area contributed by atoms with Gasteiger partial charge >= 0.3 is 5.97 Å². The SMILES string of the molecule is C=C(CC(C(C)=O)C(=O)O)C(C)(C)C. The van der Waals surface area contributed by atoms with E-state index in [9.17, 15) is 9.59 Å². The summed E-state index contributed by atoms with van der Waals surface area (Å²) in [6.07, 6.45) is 0.230. The molecule has 0 bridgehead atoms. The predicted molar refractivity (Wildman–Crippen MR) is 55.0 cm³/mol. The molecule has 0 aromatic rings. The van der Waals surface area contributed by atoms with Gasteiger partial charge in [-0.1, -0.05) is 32.9 Å². The van der Waals surface area contributed by atoms with Gasteiger partial charge in [0.2, 0.25) is 0 Å². The van der Waals surface area contributed by atoms with Gasteiger partial charge in [-0.2, -0.15) is 0 Å². The summed E-state index contributed by atoms with van der Waals surface area (Å²) in [5.41, 5.74) is 0.642. The lowest BCUT2D eigenvalue weighted by Crippen LogP contribution is -2.24. The fraction of sp³-hybridized carbons (Fsp3) is 0.636. The Balaban J connectivity index is 4.56. The van der Waals surface area contributed by atoms with Crippen molar-refractivity contribution in [1.82, 2.24) is 0 Å². The van der Waals surface area contributed by atoms with Gasteiger partial charge < -0.3 is 5.11 Å². The third-order valence-corrected chi connectivity index (χ3v) is 2.30. The van der Waals surface area contributed by atoms with Gasteiger partial charge in [-0.3, -0.25) is 9.59 Å². The van der Waals surface area contributed by atoms with Crippen molar-refractivity contribution >= 4 is 11.8 Å². The first-order valence-electron chi connectivity index (χ1n) is 4.57. The van der Waals surface area contributed by atoms with Gasteiger partial charge in [0.25, 0.3) is 0 Å². The number of aliphatic carboxylic acids is 1. The van der Waals surface area contributed by atoms with Crippen LogP contribution >= 0.6 is 0 Å². The molecule has 0 radical (unpaired) electrons. The van der Waals surface area contributed by atoms with Crippen LogP contribution in [0.1, 0.15) is 34.1 Å². The monoisotopic (exact) mass is 198 g/mol. The Labute approximate surface area is 84.8 Å². The van der Waals surface area contributed by atoms with E-state index in [1.807, 2.05) is 20.8 Å². The normalized spacial score (nSPS) is 13.4. The molecule has 0 amide bonds. The first-order valence-corrected chi connectivity index (χ1v) is 4.57. The zero-order valence-electron chi connectivity index (χ0n) is 9.26. The molecule has 1 unspecified atom stereocenters. The lowest BCUT2D eigenvalue weighted by atomic mass is 9.81. The van der Waals surface area contributed by atoms with Crippen molar-refractivity contribution < 1.29 is 14.7 Å². The maximum atomic E-state index is 11.0. The standard InChI is InChI=1S/C11H18O3/c1-7(11(3,4)5)6-9(8(2)12)10(13)14/h9H,1,6H2,2-5H3,(H,13,14). The van der Waals surface area contributed by atoms with Crippen molar-refractivity contribution in [2.24, 2.45) is 11.3 Å². The molecule has 3 nitrogen and oxygen atoms in total. The lowest BCUT2D eigenvalue weighted by molar-refractivity contribution is -0.145. The molecule has 0 aliphatic carbocycles. The van der Waals surface area contributed by atoms with Gasteiger partial charge in [-0.15, -0.1) is 0 Å². The smallest absolute Gasteiger partial charge is 0.314 e. The van der Waals surface area contributed by atoms with Crippen molar-refractivity contribution in [1.29, 1.82) is 0 Å². The molecule has 0 saturated heterocycles. The average Bonchev–Trinajstić information content (AvgIpc) is 1.96. The van der Waals surface area contributed by atoms with Gasteiger partial charge in [0.05, 0.1) is 0 Å². The molecule has 80 valence electrons.